The number of hydrogen-bond donors (Lipinski definition) is 2. The zero-order valence-electron chi connectivity index (χ0n) is 20.3. The van der Waals surface area contributed by atoms with Crippen molar-refractivity contribution < 1.29 is 31.7 Å². The van der Waals surface area contributed by atoms with Crippen LogP contribution in [0.3, 0.4) is 0 Å². The van der Waals surface area contributed by atoms with Crippen molar-refractivity contribution in [2.75, 3.05) is 24.2 Å². The quantitative estimate of drug-likeness (QED) is 0.102. The molecule has 1 heterocycles. The number of aromatic nitrogens is 1. The fourth-order valence-electron chi connectivity index (χ4n) is 3.75. The second kappa shape index (κ2) is 12.1. The summed E-state index contributed by atoms with van der Waals surface area (Å²) in [6, 6.07) is 7.21. The van der Waals surface area contributed by atoms with Crippen molar-refractivity contribution in [3.8, 4) is 16.9 Å². The molecule has 0 fully saturated rings. The lowest BCUT2D eigenvalue weighted by Crippen LogP contribution is -2.17. The third-order valence-electron chi connectivity index (χ3n) is 5.56. The third kappa shape index (κ3) is 6.67. The molecule has 0 spiro atoms. The van der Waals surface area contributed by atoms with Gasteiger partial charge in [0.25, 0.3) is 0 Å². The fraction of sp³-hybridized carbons (Fsp3) is 0.360. The molecule has 1 aromatic heterocycles. The Balaban J connectivity index is 1.94. The first-order valence-electron chi connectivity index (χ1n) is 11.4. The summed E-state index contributed by atoms with van der Waals surface area (Å²) in [4.78, 5) is 13.8. The number of anilines is 1. The van der Waals surface area contributed by atoms with E-state index in [4.69, 9.17) is 15.0 Å². The molecule has 36 heavy (non-hydrogen) atoms. The van der Waals surface area contributed by atoms with Gasteiger partial charge in [0.15, 0.2) is 5.82 Å². The summed E-state index contributed by atoms with van der Waals surface area (Å²) in [5.41, 5.74) is 0.236. The van der Waals surface area contributed by atoms with Crippen LogP contribution in [0.2, 0.25) is 0 Å². The maximum absolute atomic E-state index is 15.4. The Kier molecular flexibility index (Phi) is 9.16. The largest absolute Gasteiger partial charge is 0.496 e. The topological polar surface area (TPSA) is 111 Å². The van der Waals surface area contributed by atoms with E-state index >= 15 is 4.39 Å². The number of benzene rings is 2. The van der Waals surface area contributed by atoms with E-state index in [2.05, 4.69) is 14.6 Å². The van der Waals surface area contributed by atoms with Crippen LogP contribution in [0.4, 0.5) is 14.5 Å². The number of hydrogen-bond acceptors (Lipinski definition) is 7. The second-order valence-electron chi connectivity index (χ2n) is 8.42. The van der Waals surface area contributed by atoms with Gasteiger partial charge < -0.3 is 9.62 Å². The maximum atomic E-state index is 15.4. The predicted molar refractivity (Wildman–Crippen MR) is 135 cm³/mol. The Morgan fingerprint density at radius 2 is 1.97 bits per heavy atom. The van der Waals surface area contributed by atoms with Gasteiger partial charge in [0.05, 0.1) is 30.7 Å². The van der Waals surface area contributed by atoms with Gasteiger partial charge in [-0.15, -0.1) is 0 Å². The highest BCUT2D eigenvalue weighted by atomic mass is 32.2. The first-order valence-corrected chi connectivity index (χ1v) is 13.1. The zero-order chi connectivity index (χ0) is 26.3. The average molecular weight is 522 g/mol. The number of fused-ring (bicyclic) bond motifs is 1. The Hall–Kier alpha value is -3.31. The molecule has 0 saturated carbocycles. The van der Waals surface area contributed by atoms with E-state index in [0.717, 1.165) is 36.0 Å². The number of methoxy groups -OCH3 is 1. The molecule has 0 bridgehead atoms. The minimum Gasteiger partial charge on any atom is -0.496 e. The molecule has 11 heteroatoms. The SMILES string of the molecule is CCCS(=O)(=O)Nc1ccc(F)c(-c2cc3cnc(CC[C@H](C)COOC=N)cc3cc2OC)c1F. The molecule has 0 unspecified atom stereocenters. The molecule has 2 N–H and O–H groups in total. The minimum absolute atomic E-state index is 0.142. The Morgan fingerprint density at radius 3 is 2.67 bits per heavy atom. The lowest BCUT2D eigenvalue weighted by molar-refractivity contribution is -0.225. The van der Waals surface area contributed by atoms with Gasteiger partial charge in [-0.3, -0.25) is 15.1 Å². The fourth-order valence-corrected chi connectivity index (χ4v) is 4.88. The number of nitrogens with zero attached hydrogens (tertiary/aromatic N) is 1. The first kappa shape index (κ1) is 27.3. The summed E-state index contributed by atoms with van der Waals surface area (Å²) >= 11 is 0. The molecular formula is C25H29F2N3O5S. The Labute approximate surface area is 209 Å². The van der Waals surface area contributed by atoms with Crippen molar-refractivity contribution >= 4 is 32.9 Å². The zero-order valence-corrected chi connectivity index (χ0v) is 21.1. The Bertz CT molecular complexity index is 1340. The van der Waals surface area contributed by atoms with Crippen LogP contribution in [0.15, 0.2) is 36.5 Å². The number of pyridine rings is 1. The molecule has 0 saturated heterocycles. The summed E-state index contributed by atoms with van der Waals surface area (Å²) in [6.07, 6.45) is 4.13. The molecule has 1 atom stereocenters. The number of sulfonamides is 1. The Morgan fingerprint density at radius 1 is 1.19 bits per heavy atom. The molecule has 0 aliphatic carbocycles. The van der Waals surface area contributed by atoms with Gasteiger partial charge in [0.1, 0.15) is 11.6 Å². The summed E-state index contributed by atoms with van der Waals surface area (Å²) in [5.74, 6) is -1.66. The van der Waals surface area contributed by atoms with Crippen LogP contribution < -0.4 is 9.46 Å². The second-order valence-corrected chi connectivity index (χ2v) is 10.3. The standard InChI is InChI=1S/C25H29F2N3O5S/c1-4-9-36(31,32)30-22-8-7-21(26)24(25(22)27)20-11-18-13-29-19(10-17(18)12-23(20)33-3)6-5-16(2)14-34-35-15-28/h7-8,10-13,15-16,28,30H,4-6,9,14H2,1-3H3/t16-/m0/s1. The van der Waals surface area contributed by atoms with Crippen molar-refractivity contribution in [1.82, 2.24) is 4.98 Å². The van der Waals surface area contributed by atoms with Gasteiger partial charge in [0, 0.05) is 22.8 Å². The third-order valence-corrected chi connectivity index (χ3v) is 7.03. The highest BCUT2D eigenvalue weighted by Crippen LogP contribution is 2.39. The summed E-state index contributed by atoms with van der Waals surface area (Å²) in [6.45, 7) is 4.02. The van der Waals surface area contributed by atoms with Gasteiger partial charge in [-0.1, -0.05) is 13.8 Å². The van der Waals surface area contributed by atoms with Gasteiger partial charge >= 0.3 is 0 Å². The van der Waals surface area contributed by atoms with Gasteiger partial charge in [-0.2, -0.15) is 4.89 Å². The highest BCUT2D eigenvalue weighted by Gasteiger charge is 2.22. The summed E-state index contributed by atoms with van der Waals surface area (Å²) in [5, 5.41) is 8.20. The van der Waals surface area contributed by atoms with Crippen LogP contribution in [0.5, 0.6) is 5.75 Å². The lowest BCUT2D eigenvalue weighted by Gasteiger charge is -2.16. The summed E-state index contributed by atoms with van der Waals surface area (Å²) in [7, 11) is -2.37. The average Bonchev–Trinajstić information content (AvgIpc) is 2.84. The molecule has 0 aliphatic rings. The van der Waals surface area contributed by atoms with Gasteiger partial charge in [-0.05, 0) is 60.9 Å². The summed E-state index contributed by atoms with van der Waals surface area (Å²) < 4.78 is 62.2. The van der Waals surface area contributed by atoms with E-state index in [0.29, 0.717) is 24.8 Å². The molecule has 3 rings (SSSR count). The van der Waals surface area contributed by atoms with Crippen LogP contribution in [0, 0.1) is 23.0 Å². The van der Waals surface area contributed by atoms with Crippen LogP contribution in [-0.4, -0.2) is 39.3 Å². The van der Waals surface area contributed by atoms with E-state index in [1.54, 1.807) is 25.3 Å². The monoisotopic (exact) mass is 521 g/mol. The van der Waals surface area contributed by atoms with E-state index in [1.165, 1.54) is 7.11 Å². The van der Waals surface area contributed by atoms with Crippen LogP contribution in [0.25, 0.3) is 21.9 Å². The van der Waals surface area contributed by atoms with Gasteiger partial charge in [-0.25, -0.2) is 17.2 Å². The number of rotatable bonds is 13. The number of ether oxygens (including phenoxy) is 1. The van der Waals surface area contributed by atoms with Gasteiger partial charge in [0.2, 0.25) is 16.4 Å². The van der Waals surface area contributed by atoms with Crippen LogP contribution in [-0.2, 0) is 26.2 Å². The lowest BCUT2D eigenvalue weighted by atomic mass is 9.98. The first-order chi connectivity index (χ1) is 17.2. The van der Waals surface area contributed by atoms with Crippen LogP contribution >= 0.6 is 0 Å². The van der Waals surface area contributed by atoms with Crippen molar-refractivity contribution in [2.45, 2.75) is 33.1 Å². The molecule has 0 amide bonds. The van der Waals surface area contributed by atoms with Crippen molar-refractivity contribution in [2.24, 2.45) is 5.92 Å². The molecule has 8 nitrogen and oxygen atoms in total. The highest BCUT2D eigenvalue weighted by molar-refractivity contribution is 7.92. The van der Waals surface area contributed by atoms with E-state index in [9.17, 15) is 12.8 Å². The molecule has 0 aliphatic heterocycles. The van der Waals surface area contributed by atoms with Crippen molar-refractivity contribution in [1.29, 1.82) is 5.41 Å². The minimum atomic E-state index is -3.77. The predicted octanol–water partition coefficient (Wildman–Crippen LogP) is 5.46. The number of halogens is 2. The maximum Gasteiger partial charge on any atom is 0.232 e. The molecule has 0 radical (unpaired) electrons. The molecular weight excluding hydrogens is 492 g/mol. The smallest absolute Gasteiger partial charge is 0.232 e. The van der Waals surface area contributed by atoms with Crippen molar-refractivity contribution in [3.63, 3.8) is 0 Å². The van der Waals surface area contributed by atoms with Crippen LogP contribution in [0.1, 0.15) is 32.4 Å². The molecule has 3 aromatic rings. The molecule has 2 aromatic carbocycles. The van der Waals surface area contributed by atoms with Crippen molar-refractivity contribution in [3.05, 3.63) is 53.9 Å². The van der Waals surface area contributed by atoms with E-state index in [-0.39, 0.29) is 28.7 Å². The van der Waals surface area contributed by atoms with E-state index in [1.807, 2.05) is 13.0 Å². The number of nitrogens with one attached hydrogen (secondary N) is 2. The normalized spacial score (nSPS) is 12.4. The van der Waals surface area contributed by atoms with E-state index < -0.39 is 27.2 Å². The molecule has 194 valence electrons. The number of aryl methyl sites for hydroxylation is 1.